The van der Waals surface area contributed by atoms with Crippen molar-refractivity contribution in [2.75, 3.05) is 6.54 Å². The van der Waals surface area contributed by atoms with Crippen LogP contribution >= 0.6 is 0 Å². The first-order valence-electron chi connectivity index (χ1n) is 10.8. The largest absolute Gasteiger partial charge is 0.465 e. The molecule has 0 saturated heterocycles. The predicted molar refractivity (Wildman–Crippen MR) is 121 cm³/mol. The zero-order valence-corrected chi connectivity index (χ0v) is 20.6. The van der Waals surface area contributed by atoms with Crippen LogP contribution in [0.3, 0.4) is 0 Å². The first kappa shape index (κ1) is 29.0. The molecule has 3 N–H and O–H groups in total. The lowest BCUT2D eigenvalue weighted by Crippen LogP contribution is -2.57. The second-order valence-corrected chi connectivity index (χ2v) is 9.93. The molecular weight excluding hydrogens is 489 g/mol. The highest BCUT2D eigenvalue weighted by Crippen LogP contribution is 2.42. The predicted octanol–water partition coefficient (Wildman–Crippen LogP) is 4.93. The summed E-state index contributed by atoms with van der Waals surface area (Å²) in [5.41, 5.74) is -9.12. The Labute approximate surface area is 205 Å². The van der Waals surface area contributed by atoms with Crippen LogP contribution in [0.1, 0.15) is 52.8 Å². The van der Waals surface area contributed by atoms with E-state index in [0.717, 1.165) is 31.2 Å². The third kappa shape index (κ3) is 5.92. The van der Waals surface area contributed by atoms with Crippen molar-refractivity contribution in [3.05, 3.63) is 53.2 Å². The molecule has 0 spiro atoms. The summed E-state index contributed by atoms with van der Waals surface area (Å²) in [4.78, 5) is 27.7. The number of hydrogen-bond acceptors (Lipinski definition) is 4. The highest BCUT2D eigenvalue weighted by atomic mass is 19.4. The number of benzene rings is 1. The van der Waals surface area contributed by atoms with Gasteiger partial charge in [-0.1, -0.05) is 0 Å². The molecule has 0 bridgehead atoms. The van der Waals surface area contributed by atoms with Crippen molar-refractivity contribution < 1.29 is 41.8 Å². The van der Waals surface area contributed by atoms with Gasteiger partial charge in [0.1, 0.15) is 11.5 Å². The molecule has 0 aliphatic rings. The molecule has 0 radical (unpaired) electrons. The highest BCUT2D eigenvalue weighted by molar-refractivity contribution is 5.74. The molecule has 2 amide bonds. The quantitative estimate of drug-likeness (QED) is 0.472. The molecule has 36 heavy (non-hydrogen) atoms. The van der Waals surface area contributed by atoms with Crippen LogP contribution in [-0.4, -0.2) is 50.4 Å². The first-order chi connectivity index (χ1) is 16.2. The number of alkyl halides is 3. The zero-order chi connectivity index (χ0) is 27.9. The first-order valence-corrected chi connectivity index (χ1v) is 10.8. The number of aliphatic hydroxyl groups is 1. The van der Waals surface area contributed by atoms with E-state index in [9.17, 15) is 37.4 Å². The van der Waals surface area contributed by atoms with Crippen molar-refractivity contribution in [3.8, 4) is 11.3 Å². The van der Waals surface area contributed by atoms with Gasteiger partial charge in [0, 0.05) is 23.6 Å². The summed E-state index contributed by atoms with van der Waals surface area (Å²) in [7, 11) is 0. The van der Waals surface area contributed by atoms with Crippen molar-refractivity contribution >= 4 is 12.0 Å². The minimum atomic E-state index is -5.45. The number of pyridine rings is 1. The van der Waals surface area contributed by atoms with E-state index in [4.69, 9.17) is 0 Å². The Bertz CT molecular complexity index is 1140. The Hall–Kier alpha value is -3.28. The standard InChI is InChI=1S/C24H28F5N3O4/c1-13(33)31-22(5,6)16-11-17(30-19(18(16)26)14-7-9-15(25)10-8-14)23(36,24(27,28)29)12-32(20(34)35)21(2,3)4/h7-11,36H,12H2,1-6H3,(H,31,33)(H,34,35). The lowest BCUT2D eigenvalue weighted by atomic mass is 9.87. The van der Waals surface area contributed by atoms with E-state index >= 15 is 4.39 Å². The van der Waals surface area contributed by atoms with Gasteiger partial charge in [0.05, 0.1) is 17.8 Å². The number of carbonyl (C=O) groups is 2. The number of β-amino-alcohol motifs (C(OH)–C–C–N with tert-alkyl or cyclic N) is 1. The van der Waals surface area contributed by atoms with Gasteiger partial charge in [0.15, 0.2) is 5.82 Å². The molecule has 1 unspecified atom stereocenters. The van der Waals surface area contributed by atoms with E-state index in [-0.39, 0.29) is 5.56 Å². The maximum absolute atomic E-state index is 15.7. The van der Waals surface area contributed by atoms with Crippen molar-refractivity contribution in [2.24, 2.45) is 0 Å². The Morgan fingerprint density at radius 1 is 1.03 bits per heavy atom. The fraction of sp³-hybridized carbons (Fsp3) is 0.458. The van der Waals surface area contributed by atoms with Crippen molar-refractivity contribution in [3.63, 3.8) is 0 Å². The number of rotatable bonds is 6. The molecular formula is C24H28F5N3O4. The van der Waals surface area contributed by atoms with Gasteiger partial charge in [-0.3, -0.25) is 9.69 Å². The minimum Gasteiger partial charge on any atom is -0.465 e. The van der Waals surface area contributed by atoms with Crippen LogP contribution < -0.4 is 5.32 Å². The van der Waals surface area contributed by atoms with Crippen LogP contribution in [0.15, 0.2) is 30.3 Å². The highest BCUT2D eigenvalue weighted by Gasteiger charge is 2.59. The van der Waals surface area contributed by atoms with Gasteiger partial charge in [-0.25, -0.2) is 18.6 Å². The zero-order valence-electron chi connectivity index (χ0n) is 20.6. The summed E-state index contributed by atoms with van der Waals surface area (Å²) >= 11 is 0. The van der Waals surface area contributed by atoms with Crippen LogP contribution in [0.2, 0.25) is 0 Å². The van der Waals surface area contributed by atoms with E-state index in [1.165, 1.54) is 34.6 Å². The topological polar surface area (TPSA) is 103 Å². The van der Waals surface area contributed by atoms with Crippen LogP contribution in [-0.2, 0) is 15.9 Å². The molecule has 2 aromatic rings. The molecule has 0 aliphatic heterocycles. The average Bonchev–Trinajstić information content (AvgIpc) is 2.69. The molecule has 1 aromatic heterocycles. The summed E-state index contributed by atoms with van der Waals surface area (Å²) in [5.74, 6) is -2.42. The summed E-state index contributed by atoms with van der Waals surface area (Å²) in [6.45, 7) is 6.33. The average molecular weight is 517 g/mol. The van der Waals surface area contributed by atoms with Gasteiger partial charge in [0.2, 0.25) is 11.5 Å². The van der Waals surface area contributed by atoms with E-state index in [0.29, 0.717) is 11.0 Å². The molecule has 2 rings (SSSR count). The number of nitrogens with one attached hydrogen (secondary N) is 1. The number of hydrogen-bond donors (Lipinski definition) is 3. The van der Waals surface area contributed by atoms with Crippen molar-refractivity contribution in [1.82, 2.24) is 15.2 Å². The fourth-order valence-electron chi connectivity index (χ4n) is 3.64. The molecule has 1 aromatic carbocycles. The summed E-state index contributed by atoms with van der Waals surface area (Å²) in [5, 5.41) is 23.0. The van der Waals surface area contributed by atoms with Crippen molar-refractivity contribution in [1.29, 1.82) is 0 Å². The van der Waals surface area contributed by atoms with Crippen LogP contribution in [0.5, 0.6) is 0 Å². The Morgan fingerprint density at radius 2 is 1.56 bits per heavy atom. The number of halogens is 5. The molecule has 1 atom stereocenters. The Balaban J connectivity index is 2.94. The number of aromatic nitrogens is 1. The maximum atomic E-state index is 15.7. The van der Waals surface area contributed by atoms with Crippen LogP contribution in [0.4, 0.5) is 26.7 Å². The van der Waals surface area contributed by atoms with Gasteiger partial charge in [0.25, 0.3) is 0 Å². The Kier molecular flexibility index (Phi) is 7.75. The third-order valence-corrected chi connectivity index (χ3v) is 5.56. The van der Waals surface area contributed by atoms with Crippen LogP contribution in [0.25, 0.3) is 11.3 Å². The summed E-state index contributed by atoms with van der Waals surface area (Å²) in [6.07, 6.45) is -7.18. The van der Waals surface area contributed by atoms with E-state index in [1.54, 1.807) is 0 Å². The SMILES string of the molecule is CC(=O)NC(C)(C)c1cc(C(O)(CN(C(=O)O)C(C)(C)C)C(F)(F)F)nc(-c2ccc(F)cc2)c1F. The normalized spacial score (nSPS) is 14.2. The second kappa shape index (κ2) is 9.64. The second-order valence-electron chi connectivity index (χ2n) is 9.93. The number of carboxylic acid groups (broad SMARTS) is 1. The molecule has 12 heteroatoms. The van der Waals surface area contributed by atoms with E-state index < -0.39 is 70.0 Å². The van der Waals surface area contributed by atoms with Gasteiger partial charge in [-0.15, -0.1) is 0 Å². The Morgan fingerprint density at radius 3 is 1.97 bits per heavy atom. The van der Waals surface area contributed by atoms with E-state index in [2.05, 4.69) is 10.3 Å². The van der Waals surface area contributed by atoms with Gasteiger partial charge in [-0.05, 0) is 65.0 Å². The fourth-order valence-corrected chi connectivity index (χ4v) is 3.64. The summed E-state index contributed by atoms with van der Waals surface area (Å²) in [6, 6.07) is 4.72. The monoisotopic (exact) mass is 517 g/mol. The van der Waals surface area contributed by atoms with Gasteiger partial charge >= 0.3 is 12.3 Å². The number of nitrogens with zero attached hydrogens (tertiary/aromatic N) is 2. The van der Waals surface area contributed by atoms with Crippen LogP contribution in [0, 0.1) is 11.6 Å². The number of amides is 2. The molecule has 0 fully saturated rings. The molecule has 7 nitrogen and oxygen atoms in total. The summed E-state index contributed by atoms with van der Waals surface area (Å²) < 4.78 is 72.3. The van der Waals surface area contributed by atoms with Gasteiger partial charge < -0.3 is 15.5 Å². The lowest BCUT2D eigenvalue weighted by Gasteiger charge is -2.40. The minimum absolute atomic E-state index is 0.105. The molecule has 0 aliphatic carbocycles. The third-order valence-electron chi connectivity index (χ3n) is 5.56. The molecule has 1 heterocycles. The molecule has 0 saturated carbocycles. The van der Waals surface area contributed by atoms with Crippen molar-refractivity contribution in [2.45, 2.75) is 64.4 Å². The smallest absolute Gasteiger partial charge is 0.424 e. The maximum Gasteiger partial charge on any atom is 0.424 e. The van der Waals surface area contributed by atoms with E-state index in [1.807, 2.05) is 0 Å². The lowest BCUT2D eigenvalue weighted by molar-refractivity contribution is -0.273. The number of carbonyl (C=O) groups excluding carboxylic acids is 1. The molecule has 198 valence electrons. The van der Waals surface area contributed by atoms with Gasteiger partial charge in [-0.2, -0.15) is 13.2 Å².